The number of nitrogen functional groups attached to an aromatic ring is 1. The van der Waals surface area contributed by atoms with Crippen molar-refractivity contribution >= 4 is 5.82 Å². The van der Waals surface area contributed by atoms with Crippen LogP contribution in [0.15, 0.2) is 36.8 Å². The second kappa shape index (κ2) is 5.60. The smallest absolute Gasteiger partial charge is 0.128 e. The third-order valence-electron chi connectivity index (χ3n) is 2.84. The average molecular weight is 242 g/mol. The minimum absolute atomic E-state index is 0.0606. The number of anilines is 1. The molecule has 3 N–H and O–H groups in total. The van der Waals surface area contributed by atoms with Gasteiger partial charge >= 0.3 is 0 Å². The third kappa shape index (κ3) is 2.65. The van der Waals surface area contributed by atoms with Crippen LogP contribution in [0.3, 0.4) is 0 Å². The summed E-state index contributed by atoms with van der Waals surface area (Å²) >= 11 is 0. The lowest BCUT2D eigenvalue weighted by molar-refractivity contribution is 0.629. The minimum atomic E-state index is 0.0606. The van der Waals surface area contributed by atoms with E-state index < -0.39 is 0 Å². The molecule has 2 aromatic rings. The fourth-order valence-corrected chi connectivity index (χ4v) is 2.00. The summed E-state index contributed by atoms with van der Waals surface area (Å²) < 4.78 is 0. The molecule has 0 aliphatic heterocycles. The van der Waals surface area contributed by atoms with Gasteiger partial charge in [0.1, 0.15) is 5.82 Å². The minimum Gasteiger partial charge on any atom is -0.383 e. The Labute approximate surface area is 107 Å². The van der Waals surface area contributed by atoms with E-state index in [1.165, 1.54) is 0 Å². The molecule has 0 bridgehead atoms. The highest BCUT2D eigenvalue weighted by Gasteiger charge is 2.16. The van der Waals surface area contributed by atoms with E-state index in [0.29, 0.717) is 5.82 Å². The van der Waals surface area contributed by atoms with Gasteiger partial charge < -0.3 is 11.1 Å². The van der Waals surface area contributed by atoms with Gasteiger partial charge in [-0.2, -0.15) is 0 Å². The molecule has 4 heteroatoms. The number of nitrogens with one attached hydrogen (secondary N) is 1. The topological polar surface area (TPSA) is 63.8 Å². The highest BCUT2D eigenvalue weighted by Crippen LogP contribution is 2.25. The molecule has 0 aliphatic carbocycles. The zero-order chi connectivity index (χ0) is 13.0. The number of hydrogen-bond donors (Lipinski definition) is 2. The maximum absolute atomic E-state index is 5.99. The number of nitrogens with two attached hydrogens (primary N) is 1. The van der Waals surface area contributed by atoms with Gasteiger partial charge in [0, 0.05) is 24.2 Å². The molecule has 0 amide bonds. The molecule has 4 nitrogen and oxygen atoms in total. The van der Waals surface area contributed by atoms with E-state index in [4.69, 9.17) is 5.73 Å². The van der Waals surface area contributed by atoms with Gasteiger partial charge in [-0.05, 0) is 42.8 Å². The van der Waals surface area contributed by atoms with Crippen LogP contribution in [0.2, 0.25) is 0 Å². The Bertz CT molecular complexity index is 510. The summed E-state index contributed by atoms with van der Waals surface area (Å²) in [5.74, 6) is 0.573. The SMILES string of the molecule is CCNC(c1ccncc1)c1cc(C)cnc1N. The molecule has 1 unspecified atom stereocenters. The van der Waals surface area contributed by atoms with Crippen LogP contribution in [0.1, 0.15) is 29.7 Å². The van der Waals surface area contributed by atoms with Crippen molar-refractivity contribution in [2.45, 2.75) is 19.9 Å². The monoisotopic (exact) mass is 242 g/mol. The molecular weight excluding hydrogens is 224 g/mol. The van der Waals surface area contributed by atoms with Crippen molar-refractivity contribution in [1.29, 1.82) is 0 Å². The number of aryl methyl sites for hydroxylation is 1. The lowest BCUT2D eigenvalue weighted by atomic mass is 9.99. The third-order valence-corrected chi connectivity index (χ3v) is 2.84. The fraction of sp³-hybridized carbons (Fsp3) is 0.286. The van der Waals surface area contributed by atoms with Crippen LogP contribution < -0.4 is 11.1 Å². The maximum Gasteiger partial charge on any atom is 0.128 e. The zero-order valence-electron chi connectivity index (χ0n) is 10.7. The van der Waals surface area contributed by atoms with Crippen LogP contribution in [0, 0.1) is 6.92 Å². The molecule has 0 spiro atoms. The first kappa shape index (κ1) is 12.5. The van der Waals surface area contributed by atoms with Crippen LogP contribution in [0.25, 0.3) is 0 Å². The predicted octanol–water partition coefficient (Wildman–Crippen LogP) is 2.07. The summed E-state index contributed by atoms with van der Waals surface area (Å²) in [4.78, 5) is 8.28. The molecule has 18 heavy (non-hydrogen) atoms. The summed E-state index contributed by atoms with van der Waals surface area (Å²) in [6, 6.07) is 6.13. The van der Waals surface area contributed by atoms with Crippen molar-refractivity contribution in [3.63, 3.8) is 0 Å². The number of aromatic nitrogens is 2. The second-order valence-electron chi connectivity index (χ2n) is 4.26. The van der Waals surface area contributed by atoms with Crippen LogP contribution in [-0.4, -0.2) is 16.5 Å². The molecule has 2 heterocycles. The molecule has 94 valence electrons. The average Bonchev–Trinajstić information content (AvgIpc) is 2.40. The largest absolute Gasteiger partial charge is 0.383 e. The Hall–Kier alpha value is -1.94. The zero-order valence-corrected chi connectivity index (χ0v) is 10.7. The first-order chi connectivity index (χ1) is 8.72. The summed E-state index contributed by atoms with van der Waals surface area (Å²) in [5, 5.41) is 3.44. The number of hydrogen-bond acceptors (Lipinski definition) is 4. The van der Waals surface area contributed by atoms with Gasteiger partial charge in [0.15, 0.2) is 0 Å². The molecule has 1 atom stereocenters. The normalized spacial score (nSPS) is 12.3. The molecule has 0 fully saturated rings. The summed E-state index contributed by atoms with van der Waals surface area (Å²) in [6.45, 7) is 4.96. The molecule has 0 radical (unpaired) electrons. The van der Waals surface area contributed by atoms with Gasteiger partial charge in [0.2, 0.25) is 0 Å². The second-order valence-corrected chi connectivity index (χ2v) is 4.26. The summed E-state index contributed by atoms with van der Waals surface area (Å²) in [7, 11) is 0. The van der Waals surface area contributed by atoms with Crippen LogP contribution in [0.4, 0.5) is 5.82 Å². The van der Waals surface area contributed by atoms with Gasteiger partial charge in [0.05, 0.1) is 6.04 Å². The van der Waals surface area contributed by atoms with E-state index in [0.717, 1.165) is 23.2 Å². The molecule has 0 aromatic carbocycles. The molecule has 2 rings (SSSR count). The van der Waals surface area contributed by atoms with Gasteiger partial charge in [0.25, 0.3) is 0 Å². The standard InChI is InChI=1S/C14H18N4/c1-3-17-13(11-4-6-16-7-5-11)12-8-10(2)9-18-14(12)15/h4-9,13,17H,3H2,1-2H3,(H2,15,18). The molecule has 2 aromatic heterocycles. The van der Waals surface area contributed by atoms with Crippen molar-refractivity contribution in [2.75, 3.05) is 12.3 Å². The first-order valence-corrected chi connectivity index (χ1v) is 6.07. The predicted molar refractivity (Wildman–Crippen MR) is 73.1 cm³/mol. The van der Waals surface area contributed by atoms with E-state index in [9.17, 15) is 0 Å². The Morgan fingerprint density at radius 1 is 1.33 bits per heavy atom. The van der Waals surface area contributed by atoms with Crippen molar-refractivity contribution in [3.8, 4) is 0 Å². The number of pyridine rings is 2. The van der Waals surface area contributed by atoms with Crippen molar-refractivity contribution in [2.24, 2.45) is 0 Å². The quantitative estimate of drug-likeness (QED) is 0.861. The van der Waals surface area contributed by atoms with Crippen molar-refractivity contribution in [1.82, 2.24) is 15.3 Å². The van der Waals surface area contributed by atoms with E-state index in [1.807, 2.05) is 19.1 Å². The first-order valence-electron chi connectivity index (χ1n) is 6.07. The molecule has 0 saturated heterocycles. The summed E-state index contributed by atoms with van der Waals surface area (Å²) in [6.07, 6.45) is 5.37. The summed E-state index contributed by atoms with van der Waals surface area (Å²) in [5.41, 5.74) is 9.26. The molecule has 0 aliphatic rings. The highest BCUT2D eigenvalue weighted by molar-refractivity contribution is 5.46. The van der Waals surface area contributed by atoms with E-state index in [-0.39, 0.29) is 6.04 Å². The Morgan fingerprint density at radius 2 is 2.06 bits per heavy atom. The fourth-order valence-electron chi connectivity index (χ4n) is 2.00. The van der Waals surface area contributed by atoms with Crippen molar-refractivity contribution < 1.29 is 0 Å². The van der Waals surface area contributed by atoms with E-state index in [2.05, 4.69) is 28.3 Å². The highest BCUT2D eigenvalue weighted by atomic mass is 14.9. The number of nitrogens with zero attached hydrogens (tertiary/aromatic N) is 2. The van der Waals surface area contributed by atoms with Gasteiger partial charge in [-0.1, -0.05) is 6.92 Å². The molecule has 0 saturated carbocycles. The Balaban J connectivity index is 2.44. The number of rotatable bonds is 4. The van der Waals surface area contributed by atoms with Gasteiger partial charge in [-0.25, -0.2) is 4.98 Å². The Kier molecular flexibility index (Phi) is 3.89. The molecular formula is C14H18N4. The van der Waals surface area contributed by atoms with Crippen LogP contribution in [-0.2, 0) is 0 Å². The maximum atomic E-state index is 5.99. The lowest BCUT2D eigenvalue weighted by Crippen LogP contribution is -2.23. The van der Waals surface area contributed by atoms with Gasteiger partial charge in [-0.3, -0.25) is 4.98 Å². The lowest BCUT2D eigenvalue weighted by Gasteiger charge is -2.20. The van der Waals surface area contributed by atoms with Crippen LogP contribution >= 0.6 is 0 Å². The van der Waals surface area contributed by atoms with Gasteiger partial charge in [-0.15, -0.1) is 0 Å². The van der Waals surface area contributed by atoms with E-state index in [1.54, 1.807) is 18.6 Å². The Morgan fingerprint density at radius 3 is 2.72 bits per heavy atom. The van der Waals surface area contributed by atoms with E-state index >= 15 is 0 Å². The van der Waals surface area contributed by atoms with Crippen molar-refractivity contribution in [3.05, 3.63) is 53.5 Å². The van der Waals surface area contributed by atoms with Crippen LogP contribution in [0.5, 0.6) is 0 Å².